The van der Waals surface area contributed by atoms with Gasteiger partial charge in [0.15, 0.2) is 0 Å². The molecule has 8 nitrogen and oxygen atoms in total. The van der Waals surface area contributed by atoms with Crippen LogP contribution < -0.4 is 9.62 Å². The van der Waals surface area contributed by atoms with Crippen LogP contribution in [0.2, 0.25) is 0 Å². The predicted octanol–water partition coefficient (Wildman–Crippen LogP) is 6.13. The molecule has 1 aliphatic heterocycles. The number of pyridine rings is 1. The first-order chi connectivity index (χ1) is 19.9. The van der Waals surface area contributed by atoms with Crippen molar-refractivity contribution in [3.8, 4) is 10.7 Å². The zero-order valence-corrected chi connectivity index (χ0v) is 25.3. The molecule has 7 rings (SSSR count). The van der Waals surface area contributed by atoms with Crippen molar-refractivity contribution in [2.45, 2.75) is 36.9 Å². The summed E-state index contributed by atoms with van der Waals surface area (Å²) in [7, 11) is -3.68. The molecule has 2 aliphatic rings. The number of nitrogens with zero attached hydrogens (tertiary/aromatic N) is 4. The summed E-state index contributed by atoms with van der Waals surface area (Å²) in [5, 5.41) is 3.72. The van der Waals surface area contributed by atoms with Gasteiger partial charge in [-0.15, -0.1) is 22.7 Å². The molecule has 11 heteroatoms. The molecule has 4 aromatic heterocycles. The van der Waals surface area contributed by atoms with E-state index in [4.69, 9.17) is 4.98 Å². The third-order valence-corrected chi connectivity index (χ3v) is 11.7. The number of aryl methyl sites for hydroxylation is 1. The van der Waals surface area contributed by atoms with Gasteiger partial charge in [-0.1, -0.05) is 18.2 Å². The van der Waals surface area contributed by atoms with Crippen LogP contribution in [-0.4, -0.2) is 54.4 Å². The average molecular weight is 605 g/mol. The maximum atomic E-state index is 13.4. The SMILES string of the molecule is Cc1cccc(N2CCN(Cc3cnc(-c4cc5cccc(NS(=O)(=O)c6sccc6CC6CC6)c5[nH]4)s3)CC2)n1. The standard InChI is InChI=1S/C30H32N6O2S3/c1-20-4-2-7-27(32-20)36-13-11-35(12-14-36)19-24-18-31-29(40-24)26-17-22-5-3-6-25(28(22)33-26)34-41(37,38)30-23(10-15-39-30)16-21-8-9-21/h2-7,10,15,17-18,21,33-34H,8-9,11-14,16,19H2,1H3. The van der Waals surface area contributed by atoms with Gasteiger partial charge in [-0.25, -0.2) is 18.4 Å². The lowest BCUT2D eigenvalue weighted by molar-refractivity contribution is 0.251. The maximum Gasteiger partial charge on any atom is 0.271 e. The van der Waals surface area contributed by atoms with Gasteiger partial charge in [0.25, 0.3) is 10.0 Å². The van der Waals surface area contributed by atoms with Crippen LogP contribution in [-0.2, 0) is 23.0 Å². The molecule has 212 valence electrons. The van der Waals surface area contributed by atoms with Crippen LogP contribution in [0.15, 0.2) is 64.3 Å². The van der Waals surface area contributed by atoms with E-state index in [1.807, 2.05) is 54.9 Å². The summed E-state index contributed by atoms with van der Waals surface area (Å²) >= 11 is 2.97. The van der Waals surface area contributed by atoms with E-state index in [-0.39, 0.29) is 0 Å². The second-order valence-electron chi connectivity index (χ2n) is 11.0. The maximum absolute atomic E-state index is 13.4. The molecule has 0 atom stereocenters. The minimum atomic E-state index is -3.68. The van der Waals surface area contributed by atoms with Crippen LogP contribution in [0, 0.1) is 12.8 Å². The minimum Gasteiger partial charge on any atom is -0.354 e. The number of piperazine rings is 1. The first-order valence-corrected chi connectivity index (χ1v) is 17.2. The zero-order chi connectivity index (χ0) is 28.0. The number of hydrogen-bond donors (Lipinski definition) is 2. The number of aromatic nitrogens is 3. The Balaban J connectivity index is 1.04. The Morgan fingerprint density at radius 2 is 1.90 bits per heavy atom. The molecule has 0 amide bonds. The van der Waals surface area contributed by atoms with Gasteiger partial charge >= 0.3 is 0 Å². The third kappa shape index (κ3) is 5.76. The number of thiophene rings is 1. The van der Waals surface area contributed by atoms with Crippen LogP contribution in [0.4, 0.5) is 11.5 Å². The molecule has 41 heavy (non-hydrogen) atoms. The topological polar surface area (TPSA) is 94.2 Å². The molecule has 1 saturated carbocycles. The van der Waals surface area contributed by atoms with Crippen molar-refractivity contribution in [3.05, 3.63) is 76.2 Å². The number of hydrogen-bond acceptors (Lipinski definition) is 8. The number of benzene rings is 1. The smallest absolute Gasteiger partial charge is 0.271 e. The summed E-state index contributed by atoms with van der Waals surface area (Å²) in [4.78, 5) is 18.9. The highest BCUT2D eigenvalue weighted by atomic mass is 32.2. The number of para-hydroxylation sites is 1. The number of H-pyrrole nitrogens is 1. The van der Waals surface area contributed by atoms with Gasteiger partial charge in [-0.2, -0.15) is 0 Å². The van der Waals surface area contributed by atoms with Crippen molar-refractivity contribution in [2.75, 3.05) is 35.8 Å². The van der Waals surface area contributed by atoms with Crippen LogP contribution in [0.3, 0.4) is 0 Å². The van der Waals surface area contributed by atoms with Gasteiger partial charge in [0.1, 0.15) is 15.0 Å². The van der Waals surface area contributed by atoms with E-state index in [1.165, 1.54) is 29.1 Å². The summed E-state index contributed by atoms with van der Waals surface area (Å²) < 4.78 is 30.0. The number of thiazole rings is 1. The molecule has 5 aromatic rings. The van der Waals surface area contributed by atoms with Crippen LogP contribution in [0.5, 0.6) is 0 Å². The summed E-state index contributed by atoms with van der Waals surface area (Å²) in [6.45, 7) is 6.76. The summed E-state index contributed by atoms with van der Waals surface area (Å²) in [6, 6.07) is 15.9. The molecule has 1 aromatic carbocycles. The van der Waals surface area contributed by atoms with Crippen molar-refractivity contribution >= 4 is 55.1 Å². The fraction of sp³-hybridized carbons (Fsp3) is 0.333. The highest BCUT2D eigenvalue weighted by molar-refractivity contribution is 7.94. The van der Waals surface area contributed by atoms with Crippen LogP contribution in [0.25, 0.3) is 21.6 Å². The summed E-state index contributed by atoms with van der Waals surface area (Å²) in [5.41, 5.74) is 4.18. The highest BCUT2D eigenvalue weighted by Crippen LogP contribution is 2.37. The Hall–Kier alpha value is -3.25. The second-order valence-corrected chi connectivity index (χ2v) is 14.9. The van der Waals surface area contributed by atoms with E-state index >= 15 is 0 Å². The average Bonchev–Trinajstić information content (AvgIpc) is 3.31. The zero-order valence-electron chi connectivity index (χ0n) is 22.8. The van der Waals surface area contributed by atoms with Crippen LogP contribution in [0.1, 0.15) is 29.0 Å². The normalized spacial score (nSPS) is 16.5. The van der Waals surface area contributed by atoms with Crippen LogP contribution >= 0.6 is 22.7 Å². The Morgan fingerprint density at radius 1 is 1.07 bits per heavy atom. The summed E-state index contributed by atoms with van der Waals surface area (Å²) in [6.07, 6.45) is 5.17. The van der Waals surface area contributed by atoms with Crippen molar-refractivity contribution in [3.63, 3.8) is 0 Å². The number of sulfonamides is 1. The highest BCUT2D eigenvalue weighted by Gasteiger charge is 2.28. The first-order valence-electron chi connectivity index (χ1n) is 14.0. The predicted molar refractivity (Wildman–Crippen MR) is 167 cm³/mol. The van der Waals surface area contributed by atoms with Crippen molar-refractivity contribution in [2.24, 2.45) is 5.92 Å². The molecular formula is C30H32N6O2S3. The molecule has 0 radical (unpaired) electrons. The molecule has 0 bridgehead atoms. The Bertz CT molecular complexity index is 1800. The van der Waals surface area contributed by atoms with Crippen molar-refractivity contribution in [1.82, 2.24) is 19.9 Å². The van der Waals surface area contributed by atoms with Crippen molar-refractivity contribution in [1.29, 1.82) is 0 Å². The van der Waals surface area contributed by atoms with E-state index in [0.29, 0.717) is 15.8 Å². The molecule has 2 fully saturated rings. The quantitative estimate of drug-likeness (QED) is 0.210. The monoisotopic (exact) mass is 604 g/mol. The van der Waals surface area contributed by atoms with Gasteiger partial charge in [0.2, 0.25) is 0 Å². The molecule has 1 aliphatic carbocycles. The number of aromatic amines is 1. The van der Waals surface area contributed by atoms with E-state index in [0.717, 1.165) is 77.8 Å². The fourth-order valence-electron chi connectivity index (χ4n) is 5.45. The molecule has 1 saturated heterocycles. The molecule has 2 N–H and O–H groups in total. The Kier molecular flexibility index (Phi) is 7.06. The number of fused-ring (bicyclic) bond motifs is 1. The molecule has 0 unspecified atom stereocenters. The molecular weight excluding hydrogens is 573 g/mol. The number of rotatable bonds is 9. The summed E-state index contributed by atoms with van der Waals surface area (Å²) in [5.74, 6) is 1.68. The van der Waals surface area contributed by atoms with E-state index in [2.05, 4.69) is 36.6 Å². The van der Waals surface area contributed by atoms with Crippen molar-refractivity contribution < 1.29 is 8.42 Å². The number of anilines is 2. The largest absolute Gasteiger partial charge is 0.354 e. The number of nitrogens with one attached hydrogen (secondary N) is 2. The lowest BCUT2D eigenvalue weighted by atomic mass is 10.2. The molecule has 0 spiro atoms. The van der Waals surface area contributed by atoms with Gasteiger partial charge in [0.05, 0.1) is 16.9 Å². The molecule has 5 heterocycles. The van der Waals surface area contributed by atoms with E-state index in [1.54, 1.807) is 11.3 Å². The van der Waals surface area contributed by atoms with Gasteiger partial charge in [-0.3, -0.25) is 9.62 Å². The van der Waals surface area contributed by atoms with Gasteiger partial charge < -0.3 is 9.88 Å². The first kappa shape index (κ1) is 26.6. The Labute approximate surface area is 248 Å². The lowest BCUT2D eigenvalue weighted by Crippen LogP contribution is -2.46. The van der Waals surface area contributed by atoms with Gasteiger partial charge in [0, 0.05) is 54.9 Å². The third-order valence-electron chi connectivity index (χ3n) is 7.79. The lowest BCUT2D eigenvalue weighted by Gasteiger charge is -2.35. The Morgan fingerprint density at radius 3 is 2.71 bits per heavy atom. The van der Waals surface area contributed by atoms with E-state index < -0.39 is 10.0 Å². The van der Waals surface area contributed by atoms with Gasteiger partial charge in [-0.05, 0) is 73.4 Å². The fourth-order valence-corrected chi connectivity index (χ4v) is 8.89. The van der Waals surface area contributed by atoms with E-state index in [9.17, 15) is 8.42 Å². The minimum absolute atomic E-state index is 0.425. The second kappa shape index (κ2) is 10.9.